The number of benzene rings is 1. The Morgan fingerprint density at radius 1 is 1.39 bits per heavy atom. The third kappa shape index (κ3) is 3.67. The van der Waals surface area contributed by atoms with Crippen LogP contribution in [0.4, 0.5) is 0 Å². The van der Waals surface area contributed by atoms with Gasteiger partial charge in [-0.3, -0.25) is 0 Å². The number of rotatable bonds is 5. The van der Waals surface area contributed by atoms with Crippen molar-refractivity contribution in [1.29, 1.82) is 0 Å². The summed E-state index contributed by atoms with van der Waals surface area (Å²) in [6, 6.07) is 3.10. The normalized spacial score (nSPS) is 15.5. The molecule has 0 amide bonds. The molecule has 0 atom stereocenters. The molecule has 1 saturated carbocycles. The van der Waals surface area contributed by atoms with Gasteiger partial charge in [0, 0.05) is 10.7 Å². The van der Waals surface area contributed by atoms with Crippen LogP contribution in [0.15, 0.2) is 12.1 Å². The van der Waals surface area contributed by atoms with E-state index < -0.39 is 9.05 Å². The first-order valence-electron chi connectivity index (χ1n) is 5.34. The lowest BCUT2D eigenvalue weighted by Crippen LogP contribution is -2.02. The van der Waals surface area contributed by atoms with Crippen molar-refractivity contribution in [2.75, 3.05) is 7.11 Å². The number of ether oxygens (including phenoxy) is 2. The maximum atomic E-state index is 11.0. The fourth-order valence-corrected chi connectivity index (χ4v) is 2.74. The number of halogens is 2. The Balaban J connectivity index is 2.32. The van der Waals surface area contributed by atoms with Crippen LogP contribution >= 0.6 is 22.3 Å². The van der Waals surface area contributed by atoms with Gasteiger partial charge in [0.25, 0.3) is 0 Å². The molecule has 0 unspecified atom stereocenters. The molecule has 0 N–H and O–H groups in total. The second-order valence-corrected chi connectivity index (χ2v) is 7.29. The van der Waals surface area contributed by atoms with Crippen molar-refractivity contribution < 1.29 is 17.9 Å². The smallest absolute Gasteiger partial charge is 0.236 e. The van der Waals surface area contributed by atoms with Gasteiger partial charge in [-0.25, -0.2) is 8.42 Å². The van der Waals surface area contributed by atoms with Gasteiger partial charge in [-0.05, 0) is 30.5 Å². The fourth-order valence-electron chi connectivity index (χ4n) is 1.52. The molecule has 18 heavy (non-hydrogen) atoms. The first kappa shape index (κ1) is 13.8. The van der Waals surface area contributed by atoms with E-state index >= 15 is 0 Å². The summed E-state index contributed by atoms with van der Waals surface area (Å²) in [7, 11) is 3.06. The summed E-state index contributed by atoms with van der Waals surface area (Å²) in [4.78, 5) is 0. The minimum Gasteiger partial charge on any atom is -0.493 e. The Morgan fingerprint density at radius 3 is 2.56 bits per heavy atom. The summed E-state index contributed by atoms with van der Waals surface area (Å²) in [6.45, 7) is 0. The average Bonchev–Trinajstić information content (AvgIpc) is 3.03. The minimum absolute atomic E-state index is 0.180. The van der Waals surface area contributed by atoms with Gasteiger partial charge in [0.1, 0.15) is 0 Å². The molecule has 0 bridgehead atoms. The molecule has 100 valence electrons. The van der Waals surface area contributed by atoms with Crippen molar-refractivity contribution in [2.24, 2.45) is 0 Å². The second kappa shape index (κ2) is 5.15. The molecule has 1 aromatic carbocycles. The minimum atomic E-state index is -3.63. The zero-order valence-corrected chi connectivity index (χ0v) is 12.0. The van der Waals surface area contributed by atoms with Gasteiger partial charge >= 0.3 is 0 Å². The standard InChI is InChI=1S/C11H12Cl2O4S/c1-16-10-5-7(6-18(13,14)15)4-9(12)11(10)17-8-2-3-8/h4-5,8H,2-3,6H2,1H3. The topological polar surface area (TPSA) is 52.6 Å². The van der Waals surface area contributed by atoms with E-state index in [4.69, 9.17) is 31.8 Å². The Morgan fingerprint density at radius 2 is 2.06 bits per heavy atom. The third-order valence-electron chi connectivity index (χ3n) is 2.44. The first-order chi connectivity index (χ1) is 8.39. The lowest BCUT2D eigenvalue weighted by atomic mass is 10.2. The van der Waals surface area contributed by atoms with Gasteiger partial charge < -0.3 is 9.47 Å². The molecule has 1 fully saturated rings. The van der Waals surface area contributed by atoms with Gasteiger partial charge in [0.2, 0.25) is 9.05 Å². The molecule has 1 aliphatic rings. The van der Waals surface area contributed by atoms with Gasteiger partial charge in [0.15, 0.2) is 11.5 Å². The summed E-state index contributed by atoms with van der Waals surface area (Å²) < 4.78 is 32.9. The summed E-state index contributed by atoms with van der Waals surface area (Å²) in [6.07, 6.45) is 2.17. The number of methoxy groups -OCH3 is 1. The molecule has 0 spiro atoms. The highest BCUT2D eigenvalue weighted by atomic mass is 35.7. The largest absolute Gasteiger partial charge is 0.493 e. The Kier molecular flexibility index (Phi) is 3.94. The summed E-state index contributed by atoms with van der Waals surface area (Å²) >= 11 is 6.07. The maximum absolute atomic E-state index is 11.0. The second-order valence-electron chi connectivity index (χ2n) is 4.11. The first-order valence-corrected chi connectivity index (χ1v) is 8.20. The van der Waals surface area contributed by atoms with E-state index in [1.54, 1.807) is 6.07 Å². The Bertz CT molecular complexity index is 552. The van der Waals surface area contributed by atoms with Crippen molar-refractivity contribution in [3.8, 4) is 11.5 Å². The van der Waals surface area contributed by atoms with Crippen LogP contribution in [0, 0.1) is 0 Å². The van der Waals surface area contributed by atoms with Gasteiger partial charge in [0.05, 0.1) is 24.0 Å². The molecule has 7 heteroatoms. The van der Waals surface area contributed by atoms with Crippen LogP contribution in [-0.4, -0.2) is 21.6 Å². The predicted octanol–water partition coefficient (Wildman–Crippen LogP) is 2.96. The molecule has 0 saturated heterocycles. The molecule has 0 aromatic heterocycles. The summed E-state index contributed by atoms with van der Waals surface area (Å²) in [5, 5.41) is 0.330. The van der Waals surface area contributed by atoms with E-state index in [2.05, 4.69) is 0 Å². The highest BCUT2D eigenvalue weighted by molar-refractivity contribution is 8.13. The lowest BCUT2D eigenvalue weighted by molar-refractivity contribution is 0.282. The molecule has 0 radical (unpaired) electrons. The third-order valence-corrected chi connectivity index (χ3v) is 3.72. The molecular formula is C11H12Cl2O4S. The molecule has 1 aromatic rings. The summed E-state index contributed by atoms with van der Waals surface area (Å²) in [5.74, 6) is 0.580. The average molecular weight is 311 g/mol. The van der Waals surface area contributed by atoms with Gasteiger partial charge in [-0.1, -0.05) is 11.6 Å². The fraction of sp³-hybridized carbons (Fsp3) is 0.455. The van der Waals surface area contributed by atoms with E-state index in [9.17, 15) is 8.42 Å². The van der Waals surface area contributed by atoms with E-state index in [-0.39, 0.29) is 11.9 Å². The molecule has 0 aliphatic heterocycles. The zero-order valence-electron chi connectivity index (χ0n) is 9.65. The molecular weight excluding hydrogens is 299 g/mol. The van der Waals surface area contributed by atoms with E-state index in [1.807, 2.05) is 0 Å². The highest BCUT2D eigenvalue weighted by Crippen LogP contribution is 2.40. The molecule has 1 aliphatic carbocycles. The molecule has 0 heterocycles. The Labute approximate surface area is 115 Å². The van der Waals surface area contributed by atoms with E-state index in [1.165, 1.54) is 13.2 Å². The van der Waals surface area contributed by atoms with Crippen LogP contribution in [0.1, 0.15) is 18.4 Å². The van der Waals surface area contributed by atoms with Crippen LogP contribution in [0.25, 0.3) is 0 Å². The zero-order chi connectivity index (χ0) is 13.3. The monoisotopic (exact) mass is 310 g/mol. The number of hydrogen-bond donors (Lipinski definition) is 0. The van der Waals surface area contributed by atoms with Crippen LogP contribution in [0.5, 0.6) is 11.5 Å². The Hall–Kier alpha value is -0.650. The highest BCUT2D eigenvalue weighted by Gasteiger charge is 2.26. The van der Waals surface area contributed by atoms with Crippen molar-refractivity contribution in [1.82, 2.24) is 0 Å². The van der Waals surface area contributed by atoms with Crippen molar-refractivity contribution in [2.45, 2.75) is 24.7 Å². The van der Waals surface area contributed by atoms with Crippen molar-refractivity contribution >= 4 is 31.3 Å². The lowest BCUT2D eigenvalue weighted by Gasteiger charge is -2.13. The van der Waals surface area contributed by atoms with Gasteiger partial charge in [-0.2, -0.15) is 0 Å². The maximum Gasteiger partial charge on any atom is 0.236 e. The van der Waals surface area contributed by atoms with Crippen LogP contribution in [0.2, 0.25) is 5.02 Å². The van der Waals surface area contributed by atoms with Crippen LogP contribution in [-0.2, 0) is 14.8 Å². The predicted molar refractivity (Wildman–Crippen MR) is 70.1 cm³/mol. The molecule has 4 nitrogen and oxygen atoms in total. The van der Waals surface area contributed by atoms with Crippen LogP contribution < -0.4 is 9.47 Å². The van der Waals surface area contributed by atoms with E-state index in [0.717, 1.165) is 12.8 Å². The van der Waals surface area contributed by atoms with Gasteiger partial charge in [-0.15, -0.1) is 0 Å². The SMILES string of the molecule is COc1cc(CS(=O)(=O)Cl)cc(Cl)c1OC1CC1. The van der Waals surface area contributed by atoms with E-state index in [0.29, 0.717) is 22.1 Å². The number of hydrogen-bond acceptors (Lipinski definition) is 4. The summed E-state index contributed by atoms with van der Waals surface area (Å²) in [5.41, 5.74) is 0.468. The van der Waals surface area contributed by atoms with Crippen molar-refractivity contribution in [3.05, 3.63) is 22.7 Å². The van der Waals surface area contributed by atoms with Crippen LogP contribution in [0.3, 0.4) is 0 Å². The molecule has 2 rings (SSSR count). The quantitative estimate of drug-likeness (QED) is 0.785. The van der Waals surface area contributed by atoms with Crippen molar-refractivity contribution in [3.63, 3.8) is 0 Å².